The van der Waals surface area contributed by atoms with Crippen molar-refractivity contribution in [1.82, 2.24) is 24.7 Å². The van der Waals surface area contributed by atoms with Crippen LogP contribution in [0.25, 0.3) is 16.5 Å². The third-order valence-corrected chi connectivity index (χ3v) is 9.22. The number of rotatable bonds is 8. The average molecular weight is 542 g/mol. The van der Waals surface area contributed by atoms with Crippen molar-refractivity contribution in [3.63, 3.8) is 0 Å². The first-order valence-electron chi connectivity index (χ1n) is 15.2. The smallest absolute Gasteiger partial charge is 0.261 e. The molecule has 1 aliphatic carbocycles. The SMILES string of the molecule is CCC[C@H](c1nc2ccc(C3=CC[C@](c4ccccc4)(N(C)C)CC3)cc2c(=O)n1CC)N1C[C@@H](C)N[C@@H](C)C1. The second-order valence-electron chi connectivity index (χ2n) is 12.2. The van der Waals surface area contributed by atoms with E-state index in [4.69, 9.17) is 4.98 Å². The first-order chi connectivity index (χ1) is 19.3. The lowest BCUT2D eigenvalue weighted by Crippen LogP contribution is -2.55. The van der Waals surface area contributed by atoms with E-state index in [1.807, 2.05) is 4.57 Å². The summed E-state index contributed by atoms with van der Waals surface area (Å²) < 4.78 is 1.94. The highest BCUT2D eigenvalue weighted by Gasteiger charge is 2.36. The Morgan fingerprint density at radius 2 is 1.80 bits per heavy atom. The van der Waals surface area contributed by atoms with E-state index in [-0.39, 0.29) is 17.1 Å². The van der Waals surface area contributed by atoms with E-state index in [1.54, 1.807) is 0 Å². The molecule has 2 aliphatic rings. The van der Waals surface area contributed by atoms with Crippen molar-refractivity contribution in [2.24, 2.45) is 0 Å². The minimum atomic E-state index is 0.000247. The van der Waals surface area contributed by atoms with Gasteiger partial charge < -0.3 is 5.32 Å². The molecule has 1 N–H and O–H groups in total. The molecule has 4 atom stereocenters. The van der Waals surface area contributed by atoms with E-state index >= 15 is 0 Å². The molecule has 6 heteroatoms. The molecule has 0 unspecified atom stereocenters. The van der Waals surface area contributed by atoms with Crippen LogP contribution in [0.3, 0.4) is 0 Å². The van der Waals surface area contributed by atoms with Gasteiger partial charge in [0, 0.05) is 37.3 Å². The highest BCUT2D eigenvalue weighted by atomic mass is 16.1. The molecule has 0 saturated carbocycles. The molecule has 0 bridgehead atoms. The number of allylic oxidation sites excluding steroid dienone is 1. The van der Waals surface area contributed by atoms with Gasteiger partial charge in [0.15, 0.2) is 0 Å². The average Bonchev–Trinajstić information content (AvgIpc) is 2.95. The first kappa shape index (κ1) is 28.7. The zero-order valence-corrected chi connectivity index (χ0v) is 25.3. The van der Waals surface area contributed by atoms with Crippen LogP contribution < -0.4 is 10.9 Å². The molecule has 214 valence electrons. The fraction of sp³-hybridized carbons (Fsp3) is 0.529. The number of fused-ring (bicyclic) bond motifs is 1. The normalized spacial score (nSPS) is 24.8. The van der Waals surface area contributed by atoms with Gasteiger partial charge in [-0.1, -0.05) is 55.8 Å². The fourth-order valence-corrected chi connectivity index (χ4v) is 7.14. The number of hydrogen-bond acceptors (Lipinski definition) is 5. The Balaban J connectivity index is 1.50. The molecule has 5 rings (SSSR count). The molecule has 1 aliphatic heterocycles. The molecular formula is C34H47N5O. The van der Waals surface area contributed by atoms with Crippen LogP contribution in [0, 0.1) is 0 Å². The lowest BCUT2D eigenvalue weighted by molar-refractivity contribution is 0.109. The van der Waals surface area contributed by atoms with E-state index in [2.05, 4.69) is 112 Å². The van der Waals surface area contributed by atoms with Gasteiger partial charge in [0.1, 0.15) is 5.82 Å². The van der Waals surface area contributed by atoms with E-state index in [0.29, 0.717) is 18.6 Å². The first-order valence-corrected chi connectivity index (χ1v) is 15.2. The molecule has 0 radical (unpaired) electrons. The Bertz CT molecular complexity index is 1400. The number of hydrogen-bond donors (Lipinski definition) is 1. The maximum absolute atomic E-state index is 14.0. The van der Waals surface area contributed by atoms with Crippen molar-refractivity contribution in [2.45, 2.75) is 90.0 Å². The van der Waals surface area contributed by atoms with Crippen molar-refractivity contribution in [1.29, 1.82) is 0 Å². The third-order valence-electron chi connectivity index (χ3n) is 9.22. The molecule has 3 aromatic rings. The van der Waals surface area contributed by atoms with Crippen LogP contribution in [-0.2, 0) is 12.1 Å². The second kappa shape index (κ2) is 12.0. The number of piperazine rings is 1. The summed E-state index contributed by atoms with van der Waals surface area (Å²) in [4.78, 5) is 24.1. The van der Waals surface area contributed by atoms with Gasteiger partial charge in [-0.15, -0.1) is 0 Å². The van der Waals surface area contributed by atoms with E-state index in [1.165, 1.54) is 11.1 Å². The molecule has 6 nitrogen and oxygen atoms in total. The van der Waals surface area contributed by atoms with Crippen LogP contribution >= 0.6 is 0 Å². The second-order valence-corrected chi connectivity index (χ2v) is 12.2. The minimum absolute atomic E-state index is 0.000247. The van der Waals surface area contributed by atoms with Gasteiger partial charge in [0.25, 0.3) is 5.56 Å². The van der Waals surface area contributed by atoms with Crippen LogP contribution in [-0.4, -0.2) is 58.6 Å². The summed E-state index contributed by atoms with van der Waals surface area (Å²) in [6, 6.07) is 18.2. The standard InChI is InChI=1S/C34H47N5O/c1-7-12-31(38-22-24(3)35-25(4)23-38)32-36-30-16-15-27(21-29(30)33(40)39(32)8-2)26-17-19-34(20-18-26,37(5)6)28-13-10-9-11-14-28/h9-11,13-17,21,24-25,31,35H,7-8,12,18-20,22-23H2,1-6H3/t24-,25+,31-,34+/m1/s1. The maximum Gasteiger partial charge on any atom is 0.261 e. The molecule has 40 heavy (non-hydrogen) atoms. The highest BCUT2D eigenvalue weighted by Crippen LogP contribution is 2.43. The number of benzene rings is 2. The number of nitrogens with zero attached hydrogens (tertiary/aromatic N) is 4. The number of nitrogens with one attached hydrogen (secondary N) is 1. The molecular weight excluding hydrogens is 494 g/mol. The predicted molar refractivity (Wildman–Crippen MR) is 167 cm³/mol. The molecule has 0 amide bonds. The van der Waals surface area contributed by atoms with E-state index in [9.17, 15) is 4.79 Å². The Hall–Kier alpha value is -2.80. The van der Waals surface area contributed by atoms with E-state index < -0.39 is 0 Å². The molecule has 1 fully saturated rings. The molecule has 0 spiro atoms. The Morgan fingerprint density at radius 1 is 1.07 bits per heavy atom. The van der Waals surface area contributed by atoms with Crippen molar-refractivity contribution < 1.29 is 0 Å². The summed E-state index contributed by atoms with van der Waals surface area (Å²) in [5.41, 5.74) is 4.75. The van der Waals surface area contributed by atoms with Crippen LogP contribution in [0.1, 0.15) is 82.8 Å². The fourth-order valence-electron chi connectivity index (χ4n) is 7.14. The van der Waals surface area contributed by atoms with Crippen LogP contribution in [0.4, 0.5) is 0 Å². The van der Waals surface area contributed by atoms with Gasteiger partial charge >= 0.3 is 0 Å². The lowest BCUT2D eigenvalue weighted by atomic mass is 9.75. The monoisotopic (exact) mass is 541 g/mol. The summed E-state index contributed by atoms with van der Waals surface area (Å²) in [5.74, 6) is 0.923. The Morgan fingerprint density at radius 3 is 2.40 bits per heavy atom. The molecule has 2 aromatic carbocycles. The van der Waals surface area contributed by atoms with Gasteiger partial charge in [-0.2, -0.15) is 0 Å². The summed E-state index contributed by atoms with van der Waals surface area (Å²) in [6.45, 7) is 11.4. The molecule has 2 heterocycles. The van der Waals surface area contributed by atoms with Crippen LogP contribution in [0.5, 0.6) is 0 Å². The van der Waals surface area contributed by atoms with Gasteiger partial charge in [0.2, 0.25) is 0 Å². The highest BCUT2D eigenvalue weighted by molar-refractivity contribution is 5.83. The van der Waals surface area contributed by atoms with Crippen molar-refractivity contribution in [3.8, 4) is 0 Å². The summed E-state index contributed by atoms with van der Waals surface area (Å²) in [6.07, 6.45) is 7.42. The predicted octanol–water partition coefficient (Wildman–Crippen LogP) is 5.96. The summed E-state index contributed by atoms with van der Waals surface area (Å²) in [7, 11) is 4.37. The molecule has 1 aromatic heterocycles. The zero-order valence-electron chi connectivity index (χ0n) is 25.3. The molecule has 1 saturated heterocycles. The van der Waals surface area contributed by atoms with Crippen molar-refractivity contribution >= 4 is 16.5 Å². The van der Waals surface area contributed by atoms with Crippen LogP contribution in [0.15, 0.2) is 59.4 Å². The van der Waals surface area contributed by atoms with E-state index in [0.717, 1.165) is 67.5 Å². The minimum Gasteiger partial charge on any atom is -0.309 e. The van der Waals surface area contributed by atoms with Gasteiger partial charge in [-0.25, -0.2) is 4.98 Å². The maximum atomic E-state index is 14.0. The number of aromatic nitrogens is 2. The van der Waals surface area contributed by atoms with Gasteiger partial charge in [-0.3, -0.25) is 19.2 Å². The van der Waals surface area contributed by atoms with Crippen molar-refractivity contribution in [2.75, 3.05) is 27.2 Å². The summed E-state index contributed by atoms with van der Waals surface area (Å²) in [5, 5.41) is 4.38. The Labute approximate surface area is 240 Å². The van der Waals surface area contributed by atoms with Crippen molar-refractivity contribution in [3.05, 3.63) is 81.9 Å². The summed E-state index contributed by atoms with van der Waals surface area (Å²) >= 11 is 0. The topological polar surface area (TPSA) is 53.4 Å². The zero-order chi connectivity index (χ0) is 28.4. The Kier molecular flexibility index (Phi) is 8.60. The van der Waals surface area contributed by atoms with Gasteiger partial charge in [-0.05, 0) is 89.4 Å². The largest absolute Gasteiger partial charge is 0.309 e. The lowest BCUT2D eigenvalue weighted by Gasteiger charge is -2.43. The van der Waals surface area contributed by atoms with Crippen LogP contribution in [0.2, 0.25) is 0 Å². The van der Waals surface area contributed by atoms with Gasteiger partial charge in [0.05, 0.1) is 16.9 Å². The quantitative estimate of drug-likeness (QED) is 0.381. The third kappa shape index (κ3) is 5.41.